The maximum absolute atomic E-state index is 11.9. The molecule has 0 aromatic heterocycles. The van der Waals surface area contributed by atoms with E-state index in [0.29, 0.717) is 5.69 Å². The number of benzene rings is 1. The highest BCUT2D eigenvalue weighted by Crippen LogP contribution is 2.20. The molecular formula is C11H12F3NO4. The summed E-state index contributed by atoms with van der Waals surface area (Å²) in [5.74, 6) is 0.0339. The summed E-state index contributed by atoms with van der Waals surface area (Å²) < 4.78 is 44.7. The molecule has 5 nitrogen and oxygen atoms in total. The summed E-state index contributed by atoms with van der Waals surface area (Å²) in [6.07, 6.45) is -5.16. The molecule has 0 saturated heterocycles. The third-order valence-corrected chi connectivity index (χ3v) is 1.83. The van der Waals surface area contributed by atoms with Crippen LogP contribution in [0.25, 0.3) is 0 Å². The SMILES string of the molecule is O=C(Nc1ccc(OCC(F)(F)F)cc1)OCCO. The van der Waals surface area contributed by atoms with Crippen molar-refractivity contribution in [3.63, 3.8) is 0 Å². The molecule has 1 aromatic rings. The van der Waals surface area contributed by atoms with Crippen molar-refractivity contribution in [2.75, 3.05) is 25.1 Å². The van der Waals surface area contributed by atoms with Crippen molar-refractivity contribution in [1.29, 1.82) is 0 Å². The standard InChI is InChI=1S/C11H12F3NO4/c12-11(13,14)7-19-9-3-1-8(2-4-9)15-10(17)18-6-5-16/h1-4,16H,5-7H2,(H,15,17). The maximum Gasteiger partial charge on any atom is 0.422 e. The van der Waals surface area contributed by atoms with E-state index >= 15 is 0 Å². The zero-order chi connectivity index (χ0) is 14.3. The van der Waals surface area contributed by atoms with E-state index in [1.54, 1.807) is 0 Å². The fourth-order valence-electron chi connectivity index (χ4n) is 1.09. The van der Waals surface area contributed by atoms with E-state index in [9.17, 15) is 18.0 Å². The molecule has 0 aliphatic carbocycles. The lowest BCUT2D eigenvalue weighted by Crippen LogP contribution is -2.19. The normalized spacial score (nSPS) is 10.9. The van der Waals surface area contributed by atoms with E-state index in [4.69, 9.17) is 5.11 Å². The van der Waals surface area contributed by atoms with Gasteiger partial charge in [0.25, 0.3) is 0 Å². The molecule has 1 aromatic carbocycles. The van der Waals surface area contributed by atoms with Crippen LogP contribution in [0.4, 0.5) is 23.7 Å². The number of rotatable bonds is 5. The van der Waals surface area contributed by atoms with E-state index in [2.05, 4.69) is 14.8 Å². The largest absolute Gasteiger partial charge is 0.484 e. The molecule has 0 unspecified atom stereocenters. The summed E-state index contributed by atoms with van der Waals surface area (Å²) in [6, 6.07) is 5.30. The quantitative estimate of drug-likeness (QED) is 0.866. The fourth-order valence-corrected chi connectivity index (χ4v) is 1.09. The second-order valence-corrected chi connectivity index (χ2v) is 3.41. The molecule has 0 radical (unpaired) electrons. The van der Waals surface area contributed by atoms with Crippen LogP contribution in [0, 0.1) is 0 Å². The topological polar surface area (TPSA) is 67.8 Å². The predicted molar refractivity (Wildman–Crippen MR) is 60.0 cm³/mol. The minimum atomic E-state index is -4.40. The van der Waals surface area contributed by atoms with Gasteiger partial charge in [-0.2, -0.15) is 13.2 Å². The summed E-state index contributed by atoms with van der Waals surface area (Å²) in [6.45, 7) is -1.81. The van der Waals surface area contributed by atoms with Crippen molar-refractivity contribution in [2.24, 2.45) is 0 Å². The number of aliphatic hydroxyl groups is 1. The van der Waals surface area contributed by atoms with Gasteiger partial charge in [0.15, 0.2) is 6.61 Å². The van der Waals surface area contributed by atoms with Crippen LogP contribution in [-0.2, 0) is 4.74 Å². The molecule has 106 valence electrons. The first-order valence-corrected chi connectivity index (χ1v) is 5.25. The van der Waals surface area contributed by atoms with E-state index in [0.717, 1.165) is 0 Å². The van der Waals surface area contributed by atoms with Crippen LogP contribution in [0.2, 0.25) is 0 Å². The lowest BCUT2D eigenvalue weighted by atomic mass is 10.3. The zero-order valence-electron chi connectivity index (χ0n) is 9.74. The zero-order valence-corrected chi connectivity index (χ0v) is 9.74. The Balaban J connectivity index is 2.45. The molecule has 2 N–H and O–H groups in total. The highest BCUT2D eigenvalue weighted by Gasteiger charge is 2.28. The molecule has 0 atom stereocenters. The molecular weight excluding hydrogens is 267 g/mol. The third-order valence-electron chi connectivity index (χ3n) is 1.83. The smallest absolute Gasteiger partial charge is 0.422 e. The van der Waals surface area contributed by atoms with Crippen LogP contribution >= 0.6 is 0 Å². The first-order chi connectivity index (χ1) is 8.90. The Hall–Kier alpha value is -1.96. The summed E-state index contributed by atoms with van der Waals surface area (Å²) >= 11 is 0. The number of aliphatic hydroxyl groups excluding tert-OH is 1. The second kappa shape index (κ2) is 6.83. The number of nitrogens with one attached hydrogen (secondary N) is 1. The van der Waals surface area contributed by atoms with Gasteiger partial charge in [-0.15, -0.1) is 0 Å². The molecule has 8 heteroatoms. The van der Waals surface area contributed by atoms with Gasteiger partial charge < -0.3 is 14.6 Å². The van der Waals surface area contributed by atoms with Crippen LogP contribution in [-0.4, -0.2) is 37.2 Å². The summed E-state index contributed by atoms with van der Waals surface area (Å²) in [4.78, 5) is 11.1. The van der Waals surface area contributed by atoms with Crippen molar-refractivity contribution >= 4 is 11.8 Å². The van der Waals surface area contributed by atoms with Gasteiger partial charge in [0, 0.05) is 5.69 Å². The fraction of sp³-hybridized carbons (Fsp3) is 0.364. The van der Waals surface area contributed by atoms with E-state index < -0.39 is 18.9 Å². The van der Waals surface area contributed by atoms with Gasteiger partial charge in [0.1, 0.15) is 12.4 Å². The van der Waals surface area contributed by atoms with E-state index in [-0.39, 0.29) is 19.0 Å². The molecule has 1 rings (SSSR count). The number of carbonyl (C=O) groups is 1. The first kappa shape index (κ1) is 15.1. The van der Waals surface area contributed by atoms with Crippen LogP contribution in [0.15, 0.2) is 24.3 Å². The molecule has 0 saturated carbocycles. The third kappa shape index (κ3) is 6.51. The number of hydrogen-bond acceptors (Lipinski definition) is 4. The maximum atomic E-state index is 11.9. The van der Waals surface area contributed by atoms with E-state index in [1.165, 1.54) is 24.3 Å². The van der Waals surface area contributed by atoms with Gasteiger partial charge >= 0.3 is 12.3 Å². The number of hydrogen-bond donors (Lipinski definition) is 2. The molecule has 0 aliphatic heterocycles. The highest BCUT2D eigenvalue weighted by atomic mass is 19.4. The molecule has 0 aliphatic rings. The Morgan fingerprint density at radius 1 is 1.26 bits per heavy atom. The summed E-state index contributed by atoms with van der Waals surface area (Å²) in [5.41, 5.74) is 0.335. The van der Waals surface area contributed by atoms with Gasteiger partial charge in [0.2, 0.25) is 0 Å². The lowest BCUT2D eigenvalue weighted by molar-refractivity contribution is -0.153. The van der Waals surface area contributed by atoms with Gasteiger partial charge in [-0.05, 0) is 24.3 Å². The van der Waals surface area contributed by atoms with Gasteiger partial charge in [-0.3, -0.25) is 5.32 Å². The van der Waals surface area contributed by atoms with Crippen molar-refractivity contribution in [3.8, 4) is 5.75 Å². The number of halogens is 3. The number of anilines is 1. The van der Waals surface area contributed by atoms with E-state index in [1.807, 2.05) is 0 Å². The van der Waals surface area contributed by atoms with Crippen LogP contribution in [0.5, 0.6) is 5.75 Å². The van der Waals surface area contributed by atoms with Crippen molar-refractivity contribution in [1.82, 2.24) is 0 Å². The number of amides is 1. The van der Waals surface area contributed by atoms with Gasteiger partial charge in [0.05, 0.1) is 6.61 Å². The molecule has 0 heterocycles. The van der Waals surface area contributed by atoms with Crippen molar-refractivity contribution in [3.05, 3.63) is 24.3 Å². The van der Waals surface area contributed by atoms with Gasteiger partial charge in [-0.1, -0.05) is 0 Å². The second-order valence-electron chi connectivity index (χ2n) is 3.41. The molecule has 1 amide bonds. The lowest BCUT2D eigenvalue weighted by Gasteiger charge is -2.10. The van der Waals surface area contributed by atoms with Crippen molar-refractivity contribution in [2.45, 2.75) is 6.18 Å². The van der Waals surface area contributed by atoms with Crippen molar-refractivity contribution < 1.29 is 32.5 Å². The minimum absolute atomic E-state index is 0.0339. The van der Waals surface area contributed by atoms with Crippen LogP contribution < -0.4 is 10.1 Å². The first-order valence-electron chi connectivity index (χ1n) is 5.25. The number of alkyl halides is 3. The number of ether oxygens (including phenoxy) is 2. The summed E-state index contributed by atoms with van der Waals surface area (Å²) in [7, 11) is 0. The predicted octanol–water partition coefficient (Wildman–Crippen LogP) is 2.17. The van der Waals surface area contributed by atoms with Crippen LogP contribution in [0.1, 0.15) is 0 Å². The van der Waals surface area contributed by atoms with Crippen LogP contribution in [0.3, 0.4) is 0 Å². The Morgan fingerprint density at radius 3 is 2.42 bits per heavy atom. The minimum Gasteiger partial charge on any atom is -0.484 e. The Bertz CT molecular complexity index is 405. The Kier molecular flexibility index (Phi) is 5.43. The molecule has 19 heavy (non-hydrogen) atoms. The molecule has 0 bridgehead atoms. The highest BCUT2D eigenvalue weighted by molar-refractivity contribution is 5.84. The monoisotopic (exact) mass is 279 g/mol. The Morgan fingerprint density at radius 2 is 1.89 bits per heavy atom. The van der Waals surface area contributed by atoms with Gasteiger partial charge in [-0.25, -0.2) is 4.79 Å². The summed E-state index contributed by atoms with van der Waals surface area (Å²) in [5, 5.41) is 10.8. The average Bonchev–Trinajstić information content (AvgIpc) is 2.34. The Labute approximate surface area is 106 Å². The molecule has 0 fully saturated rings. The number of carbonyl (C=O) groups excluding carboxylic acids is 1. The average molecular weight is 279 g/mol. The molecule has 0 spiro atoms.